The van der Waals surface area contributed by atoms with E-state index < -0.39 is 0 Å². The lowest BCUT2D eigenvalue weighted by molar-refractivity contribution is 0.579. The Morgan fingerprint density at radius 2 is 1.43 bits per heavy atom. The normalized spacial score (nSPS) is 12.9. The molecule has 23 heavy (non-hydrogen) atoms. The first-order valence-corrected chi connectivity index (χ1v) is 8.74. The van der Waals surface area contributed by atoms with E-state index in [-0.39, 0.29) is 0 Å². The fourth-order valence-corrected chi connectivity index (χ4v) is 3.43. The summed E-state index contributed by atoms with van der Waals surface area (Å²) in [5.74, 6) is 1.37. The van der Waals surface area contributed by atoms with E-state index in [4.69, 9.17) is 0 Å². The highest BCUT2D eigenvalue weighted by atomic mass is 14.7. The first-order chi connectivity index (χ1) is 11.1. The van der Waals surface area contributed by atoms with Crippen LogP contribution in [0.4, 0.5) is 0 Å². The quantitative estimate of drug-likeness (QED) is 0.593. The summed E-state index contributed by atoms with van der Waals surface area (Å²) in [6.07, 6.45) is 5.61. The first-order valence-electron chi connectivity index (χ1n) is 8.74. The summed E-state index contributed by atoms with van der Waals surface area (Å²) in [5.41, 5.74) is 5.58. The molecule has 1 unspecified atom stereocenters. The largest absolute Gasteiger partial charge is 0.361 e. The highest BCUT2D eigenvalue weighted by Crippen LogP contribution is 2.22. The maximum absolute atomic E-state index is 3.38. The van der Waals surface area contributed by atoms with Crippen LogP contribution in [0, 0.1) is 11.8 Å². The van der Waals surface area contributed by atoms with Crippen molar-refractivity contribution in [2.24, 2.45) is 11.8 Å². The SMILES string of the molecule is CC(C)Cc1ccc(CC(C)Cc2c[nH]c3ccccc23)cc1. The van der Waals surface area contributed by atoms with E-state index in [1.54, 1.807) is 0 Å². The molecule has 0 radical (unpaired) electrons. The number of nitrogens with one attached hydrogen (secondary N) is 1. The zero-order valence-corrected chi connectivity index (χ0v) is 14.5. The number of benzene rings is 2. The van der Waals surface area contributed by atoms with Crippen molar-refractivity contribution in [1.29, 1.82) is 0 Å². The molecule has 2 aromatic carbocycles. The number of para-hydroxylation sites is 1. The Hall–Kier alpha value is -2.02. The van der Waals surface area contributed by atoms with Crippen LogP contribution in [0.1, 0.15) is 37.5 Å². The van der Waals surface area contributed by atoms with Gasteiger partial charge in [0, 0.05) is 17.1 Å². The van der Waals surface area contributed by atoms with E-state index in [9.17, 15) is 0 Å². The second-order valence-electron chi connectivity index (χ2n) is 7.29. The molecule has 1 aromatic heterocycles. The van der Waals surface area contributed by atoms with E-state index in [2.05, 4.69) is 80.5 Å². The van der Waals surface area contributed by atoms with Gasteiger partial charge in [-0.2, -0.15) is 0 Å². The van der Waals surface area contributed by atoms with E-state index >= 15 is 0 Å². The summed E-state index contributed by atoms with van der Waals surface area (Å²) in [4.78, 5) is 3.38. The molecule has 0 aliphatic rings. The number of hydrogen-bond acceptors (Lipinski definition) is 0. The highest BCUT2D eigenvalue weighted by molar-refractivity contribution is 5.83. The van der Waals surface area contributed by atoms with Crippen molar-refractivity contribution in [3.63, 3.8) is 0 Å². The number of aromatic nitrogens is 1. The van der Waals surface area contributed by atoms with Crippen LogP contribution >= 0.6 is 0 Å². The second kappa shape index (κ2) is 7.04. The second-order valence-corrected chi connectivity index (χ2v) is 7.29. The summed E-state index contributed by atoms with van der Waals surface area (Å²) < 4.78 is 0. The molecular formula is C22H27N. The van der Waals surface area contributed by atoms with Crippen molar-refractivity contribution < 1.29 is 0 Å². The van der Waals surface area contributed by atoms with E-state index in [1.165, 1.54) is 34.0 Å². The van der Waals surface area contributed by atoms with Gasteiger partial charge in [-0.05, 0) is 53.9 Å². The monoisotopic (exact) mass is 305 g/mol. The number of fused-ring (bicyclic) bond motifs is 1. The van der Waals surface area contributed by atoms with Crippen LogP contribution in [0.3, 0.4) is 0 Å². The van der Waals surface area contributed by atoms with Crippen molar-refractivity contribution in [1.82, 2.24) is 4.98 Å². The molecule has 120 valence electrons. The topological polar surface area (TPSA) is 15.8 Å². The Bertz CT molecular complexity index is 749. The lowest BCUT2D eigenvalue weighted by Gasteiger charge is -2.12. The number of H-pyrrole nitrogens is 1. The Balaban J connectivity index is 1.64. The molecule has 1 heterocycles. The predicted octanol–water partition coefficient (Wildman–Crippen LogP) is 5.79. The summed E-state index contributed by atoms with van der Waals surface area (Å²) in [6.45, 7) is 6.90. The van der Waals surface area contributed by atoms with E-state index in [1.807, 2.05) is 0 Å². The zero-order valence-electron chi connectivity index (χ0n) is 14.5. The molecule has 0 amide bonds. The van der Waals surface area contributed by atoms with Gasteiger partial charge in [0.2, 0.25) is 0 Å². The molecule has 0 spiro atoms. The number of rotatable bonds is 6. The molecule has 0 bridgehead atoms. The Morgan fingerprint density at radius 3 is 2.13 bits per heavy atom. The molecule has 1 N–H and O–H groups in total. The van der Waals surface area contributed by atoms with Gasteiger partial charge in [0.1, 0.15) is 0 Å². The molecule has 3 aromatic rings. The fraction of sp³-hybridized carbons (Fsp3) is 0.364. The van der Waals surface area contributed by atoms with Crippen LogP contribution < -0.4 is 0 Å². The standard InChI is InChI=1S/C22H27N/c1-16(2)12-18-8-10-19(11-9-18)13-17(3)14-20-15-23-22-7-5-4-6-21(20)22/h4-11,15-17,23H,12-14H2,1-3H3. The molecule has 3 rings (SSSR count). The average Bonchev–Trinajstić information content (AvgIpc) is 2.92. The van der Waals surface area contributed by atoms with Gasteiger partial charge >= 0.3 is 0 Å². The van der Waals surface area contributed by atoms with Crippen molar-refractivity contribution in [2.45, 2.75) is 40.0 Å². The van der Waals surface area contributed by atoms with Gasteiger partial charge in [0.25, 0.3) is 0 Å². The zero-order chi connectivity index (χ0) is 16.2. The van der Waals surface area contributed by atoms with Gasteiger partial charge in [-0.1, -0.05) is 63.2 Å². The van der Waals surface area contributed by atoms with Gasteiger partial charge in [-0.15, -0.1) is 0 Å². The molecule has 1 nitrogen and oxygen atoms in total. The summed E-state index contributed by atoms with van der Waals surface area (Å²) in [7, 11) is 0. The Kier molecular flexibility index (Phi) is 4.85. The molecule has 0 aliphatic heterocycles. The van der Waals surface area contributed by atoms with Gasteiger partial charge in [0.05, 0.1) is 0 Å². The molecule has 0 saturated heterocycles. The lowest BCUT2D eigenvalue weighted by atomic mass is 9.93. The van der Waals surface area contributed by atoms with Crippen molar-refractivity contribution in [3.8, 4) is 0 Å². The van der Waals surface area contributed by atoms with Gasteiger partial charge in [-0.3, -0.25) is 0 Å². The van der Waals surface area contributed by atoms with Crippen LogP contribution in [0.15, 0.2) is 54.7 Å². The van der Waals surface area contributed by atoms with Crippen LogP contribution in [-0.2, 0) is 19.3 Å². The van der Waals surface area contributed by atoms with Crippen molar-refractivity contribution >= 4 is 10.9 Å². The summed E-state index contributed by atoms with van der Waals surface area (Å²) in [6, 6.07) is 17.8. The van der Waals surface area contributed by atoms with Gasteiger partial charge in [0.15, 0.2) is 0 Å². The minimum Gasteiger partial charge on any atom is -0.361 e. The third-order valence-corrected chi connectivity index (χ3v) is 4.49. The fourth-order valence-electron chi connectivity index (χ4n) is 3.43. The maximum atomic E-state index is 3.38. The van der Waals surface area contributed by atoms with Crippen LogP contribution in [0.25, 0.3) is 10.9 Å². The first kappa shape index (κ1) is 15.9. The molecule has 0 fully saturated rings. The third kappa shape index (κ3) is 4.04. The van der Waals surface area contributed by atoms with E-state index in [0.717, 1.165) is 18.8 Å². The van der Waals surface area contributed by atoms with Crippen LogP contribution in [0.5, 0.6) is 0 Å². The Labute approximate surface area is 139 Å². The van der Waals surface area contributed by atoms with Crippen molar-refractivity contribution in [2.75, 3.05) is 0 Å². The maximum Gasteiger partial charge on any atom is 0.0456 e. The van der Waals surface area contributed by atoms with Crippen LogP contribution in [0.2, 0.25) is 0 Å². The summed E-state index contributed by atoms with van der Waals surface area (Å²) >= 11 is 0. The minimum atomic E-state index is 0.644. The number of aromatic amines is 1. The average molecular weight is 305 g/mol. The number of hydrogen-bond donors (Lipinski definition) is 1. The Morgan fingerprint density at radius 1 is 0.783 bits per heavy atom. The smallest absolute Gasteiger partial charge is 0.0456 e. The van der Waals surface area contributed by atoms with Crippen LogP contribution in [-0.4, -0.2) is 4.98 Å². The van der Waals surface area contributed by atoms with Crippen molar-refractivity contribution in [3.05, 3.63) is 71.4 Å². The molecule has 1 atom stereocenters. The molecule has 0 saturated carbocycles. The van der Waals surface area contributed by atoms with Gasteiger partial charge in [-0.25, -0.2) is 0 Å². The third-order valence-electron chi connectivity index (χ3n) is 4.49. The minimum absolute atomic E-state index is 0.644. The molecule has 1 heteroatoms. The van der Waals surface area contributed by atoms with Gasteiger partial charge < -0.3 is 4.98 Å². The molecule has 0 aliphatic carbocycles. The predicted molar refractivity (Wildman–Crippen MR) is 99.9 cm³/mol. The van der Waals surface area contributed by atoms with E-state index in [0.29, 0.717) is 5.92 Å². The summed E-state index contributed by atoms with van der Waals surface area (Å²) in [5, 5.41) is 1.37. The highest BCUT2D eigenvalue weighted by Gasteiger charge is 2.09. The molecular weight excluding hydrogens is 278 g/mol. The lowest BCUT2D eigenvalue weighted by Crippen LogP contribution is -2.04.